The van der Waals surface area contributed by atoms with Gasteiger partial charge in [-0.05, 0) is 6.92 Å². The third-order valence-corrected chi connectivity index (χ3v) is 2.94. The van der Waals surface area contributed by atoms with Gasteiger partial charge in [0.25, 0.3) is 5.71 Å². The van der Waals surface area contributed by atoms with Gasteiger partial charge in [-0.2, -0.15) is 4.98 Å². The molecule has 0 radical (unpaired) electrons. The number of ether oxygens (including phenoxy) is 1. The first-order chi connectivity index (χ1) is 9.16. The lowest BCUT2D eigenvalue weighted by molar-refractivity contribution is 0.0688. The summed E-state index contributed by atoms with van der Waals surface area (Å²) in [5.74, 6) is -0.0905. The molecule has 1 saturated heterocycles. The van der Waals surface area contributed by atoms with Crippen LogP contribution in [0.2, 0.25) is 0 Å². The zero-order valence-corrected chi connectivity index (χ0v) is 10.3. The van der Waals surface area contributed by atoms with E-state index in [1.807, 2.05) is 4.90 Å². The normalized spacial score (nSPS) is 15.9. The molecular weight excluding hydrogens is 252 g/mol. The van der Waals surface area contributed by atoms with Gasteiger partial charge in [0.15, 0.2) is 0 Å². The van der Waals surface area contributed by atoms with Crippen LogP contribution < -0.4 is 4.90 Å². The monoisotopic (exact) mass is 264 g/mol. The highest BCUT2D eigenvalue weighted by Crippen LogP contribution is 2.27. The van der Waals surface area contributed by atoms with Crippen molar-refractivity contribution in [3.8, 4) is 0 Å². The zero-order valence-electron chi connectivity index (χ0n) is 10.3. The maximum Gasteiger partial charge on any atom is 0.358 e. The molecule has 3 rings (SSSR count). The molecule has 0 aliphatic carbocycles. The van der Waals surface area contributed by atoms with Crippen molar-refractivity contribution in [3.63, 3.8) is 0 Å². The van der Waals surface area contributed by atoms with Gasteiger partial charge in [-0.25, -0.2) is 9.78 Å². The van der Waals surface area contributed by atoms with Crippen molar-refractivity contribution in [2.45, 2.75) is 6.92 Å². The predicted molar refractivity (Wildman–Crippen MR) is 64.3 cm³/mol. The summed E-state index contributed by atoms with van der Waals surface area (Å²) in [5, 5.41) is 13.0. The van der Waals surface area contributed by atoms with Crippen LogP contribution in [0.25, 0.3) is 11.1 Å². The molecule has 0 atom stereocenters. The third-order valence-electron chi connectivity index (χ3n) is 2.94. The fourth-order valence-electron chi connectivity index (χ4n) is 2.09. The van der Waals surface area contributed by atoms with Gasteiger partial charge in [-0.3, -0.25) is 0 Å². The Labute approximate surface area is 108 Å². The number of carbonyl (C=O) groups is 1. The first-order valence-electron chi connectivity index (χ1n) is 5.87. The minimum Gasteiger partial charge on any atom is -0.476 e. The van der Waals surface area contributed by atoms with Gasteiger partial charge >= 0.3 is 5.97 Å². The highest BCUT2D eigenvalue weighted by molar-refractivity contribution is 6.04. The molecule has 0 amide bonds. The first kappa shape index (κ1) is 11.8. The highest BCUT2D eigenvalue weighted by atomic mass is 16.5. The van der Waals surface area contributed by atoms with E-state index in [9.17, 15) is 4.79 Å². The minimum absolute atomic E-state index is 0.156. The molecular formula is C11H12N4O4. The lowest BCUT2D eigenvalue weighted by atomic mass is 10.2. The molecule has 0 aromatic carbocycles. The van der Waals surface area contributed by atoms with Crippen molar-refractivity contribution in [2.75, 3.05) is 31.2 Å². The average molecular weight is 264 g/mol. The molecule has 1 fully saturated rings. The maximum absolute atomic E-state index is 11.2. The van der Waals surface area contributed by atoms with Gasteiger partial charge in [-0.15, -0.1) is 0 Å². The van der Waals surface area contributed by atoms with Gasteiger partial charge < -0.3 is 19.3 Å². The number of hydrogen-bond acceptors (Lipinski definition) is 7. The second-order valence-corrected chi connectivity index (χ2v) is 4.21. The lowest BCUT2D eigenvalue weighted by Gasteiger charge is -2.28. The second-order valence-electron chi connectivity index (χ2n) is 4.21. The quantitative estimate of drug-likeness (QED) is 0.834. The number of hydrogen-bond donors (Lipinski definition) is 1. The molecule has 0 bridgehead atoms. The minimum atomic E-state index is -1.15. The molecule has 100 valence electrons. The molecule has 19 heavy (non-hydrogen) atoms. The van der Waals surface area contributed by atoms with Crippen LogP contribution in [0.4, 0.5) is 5.82 Å². The van der Waals surface area contributed by atoms with Gasteiger partial charge in [0.05, 0.1) is 13.2 Å². The molecule has 0 spiro atoms. The summed E-state index contributed by atoms with van der Waals surface area (Å²) >= 11 is 0. The largest absolute Gasteiger partial charge is 0.476 e. The summed E-state index contributed by atoms with van der Waals surface area (Å²) in [6.07, 6.45) is 0. The number of morpholine rings is 1. The molecule has 3 heterocycles. The van der Waals surface area contributed by atoms with E-state index in [0.717, 1.165) is 0 Å². The van der Waals surface area contributed by atoms with Crippen LogP contribution in [0.1, 0.15) is 16.3 Å². The molecule has 2 aromatic heterocycles. The Bertz CT molecular complexity index is 633. The van der Waals surface area contributed by atoms with Crippen molar-refractivity contribution >= 4 is 22.9 Å². The van der Waals surface area contributed by atoms with Crippen molar-refractivity contribution in [1.29, 1.82) is 0 Å². The molecule has 8 heteroatoms. The number of aromatic nitrogens is 3. The van der Waals surface area contributed by atoms with Crippen LogP contribution in [0.3, 0.4) is 0 Å². The first-order valence-corrected chi connectivity index (χ1v) is 5.87. The van der Waals surface area contributed by atoms with Gasteiger partial charge in [-0.1, -0.05) is 5.16 Å². The molecule has 0 unspecified atom stereocenters. The van der Waals surface area contributed by atoms with Crippen LogP contribution >= 0.6 is 0 Å². The molecule has 0 saturated carbocycles. The van der Waals surface area contributed by atoms with Crippen LogP contribution in [0.15, 0.2) is 4.52 Å². The van der Waals surface area contributed by atoms with Crippen molar-refractivity contribution < 1.29 is 19.2 Å². The van der Waals surface area contributed by atoms with E-state index in [0.29, 0.717) is 43.3 Å². The number of anilines is 1. The zero-order chi connectivity index (χ0) is 13.4. The van der Waals surface area contributed by atoms with E-state index in [2.05, 4.69) is 15.1 Å². The molecule has 8 nitrogen and oxygen atoms in total. The Morgan fingerprint density at radius 1 is 1.32 bits per heavy atom. The fourth-order valence-corrected chi connectivity index (χ4v) is 2.09. The Kier molecular flexibility index (Phi) is 2.79. The van der Waals surface area contributed by atoms with Crippen LogP contribution in [-0.4, -0.2) is 52.5 Å². The summed E-state index contributed by atoms with van der Waals surface area (Å²) in [6.45, 7) is 4.19. The van der Waals surface area contributed by atoms with E-state index in [1.165, 1.54) is 0 Å². The molecule has 1 aliphatic rings. The number of carboxylic acid groups (broad SMARTS) is 1. The fraction of sp³-hybridized carbons (Fsp3) is 0.455. The standard InChI is InChI=1S/C11H12N4O4/c1-6-12-9(15-2-4-18-5-3-15)7-8(11(16)17)14-19-10(7)13-6/h2-5H2,1H3,(H,16,17). The summed E-state index contributed by atoms with van der Waals surface area (Å²) in [7, 11) is 0. The van der Waals surface area contributed by atoms with Gasteiger partial charge in [0.1, 0.15) is 17.0 Å². The summed E-state index contributed by atoms with van der Waals surface area (Å²) in [5.41, 5.74) is 0.0443. The number of nitrogens with zero attached hydrogens (tertiary/aromatic N) is 4. The van der Waals surface area contributed by atoms with E-state index < -0.39 is 5.97 Å². The van der Waals surface area contributed by atoms with E-state index in [4.69, 9.17) is 14.4 Å². The maximum atomic E-state index is 11.2. The van der Waals surface area contributed by atoms with Crippen molar-refractivity contribution in [3.05, 3.63) is 11.5 Å². The number of fused-ring (bicyclic) bond motifs is 1. The second kappa shape index (κ2) is 4.47. The third kappa shape index (κ3) is 1.99. The SMILES string of the molecule is Cc1nc(N2CCOCC2)c2c(C(=O)O)noc2n1. The molecule has 1 N–H and O–H groups in total. The Morgan fingerprint density at radius 2 is 2.05 bits per heavy atom. The van der Waals surface area contributed by atoms with Gasteiger partial charge in [0.2, 0.25) is 5.69 Å². The molecule has 1 aliphatic heterocycles. The number of aromatic carboxylic acids is 1. The summed E-state index contributed by atoms with van der Waals surface area (Å²) < 4.78 is 10.3. The van der Waals surface area contributed by atoms with E-state index in [1.54, 1.807) is 6.92 Å². The van der Waals surface area contributed by atoms with E-state index >= 15 is 0 Å². The summed E-state index contributed by atoms with van der Waals surface area (Å²) in [6, 6.07) is 0. The van der Waals surface area contributed by atoms with Crippen molar-refractivity contribution in [1.82, 2.24) is 15.1 Å². The van der Waals surface area contributed by atoms with E-state index in [-0.39, 0.29) is 11.4 Å². The number of carboxylic acids is 1. The number of rotatable bonds is 2. The smallest absolute Gasteiger partial charge is 0.358 e. The summed E-state index contributed by atoms with van der Waals surface area (Å²) in [4.78, 5) is 21.5. The van der Waals surface area contributed by atoms with Crippen LogP contribution in [-0.2, 0) is 4.74 Å². The van der Waals surface area contributed by atoms with Gasteiger partial charge in [0, 0.05) is 13.1 Å². The highest BCUT2D eigenvalue weighted by Gasteiger charge is 2.25. The Morgan fingerprint density at radius 3 is 2.74 bits per heavy atom. The topological polar surface area (TPSA) is 102 Å². The van der Waals surface area contributed by atoms with Crippen LogP contribution in [0, 0.1) is 6.92 Å². The molecule has 2 aromatic rings. The Hall–Kier alpha value is -2.22. The predicted octanol–water partition coefficient (Wildman–Crippen LogP) is 0.461. The lowest BCUT2D eigenvalue weighted by Crippen LogP contribution is -2.37. The number of aryl methyl sites for hydroxylation is 1. The van der Waals surface area contributed by atoms with Crippen molar-refractivity contribution in [2.24, 2.45) is 0 Å². The average Bonchev–Trinajstić information content (AvgIpc) is 2.82. The van der Waals surface area contributed by atoms with Crippen LogP contribution in [0.5, 0.6) is 0 Å². The Balaban J connectivity index is 2.19.